The van der Waals surface area contributed by atoms with Crippen molar-refractivity contribution in [3.8, 4) is 17.2 Å². The van der Waals surface area contributed by atoms with E-state index in [1.165, 1.54) is 10.7 Å². The van der Waals surface area contributed by atoms with Crippen LogP contribution in [0.4, 0.5) is 13.2 Å². The van der Waals surface area contributed by atoms with E-state index in [1.54, 1.807) is 40.2 Å². The van der Waals surface area contributed by atoms with E-state index in [9.17, 15) is 18.0 Å². The molecule has 0 aliphatic rings. The molecular weight excluding hydrogens is 435 g/mol. The Hall–Kier alpha value is -3.49. The van der Waals surface area contributed by atoms with Gasteiger partial charge in [-0.1, -0.05) is 12.1 Å². The molecule has 0 spiro atoms. The number of nitrogens with one attached hydrogen (secondary N) is 1. The molecule has 0 aliphatic heterocycles. The van der Waals surface area contributed by atoms with Gasteiger partial charge in [0.05, 0.1) is 37.6 Å². The Balaban J connectivity index is 1.67. The number of amides is 1. The highest BCUT2D eigenvalue weighted by Gasteiger charge is 2.30. The molecular formula is C24H26F3N3O3. The number of rotatable bonds is 8. The van der Waals surface area contributed by atoms with E-state index in [1.807, 2.05) is 12.1 Å². The van der Waals surface area contributed by atoms with Crippen molar-refractivity contribution in [1.82, 2.24) is 15.1 Å². The third-order valence-corrected chi connectivity index (χ3v) is 5.41. The third-order valence-electron chi connectivity index (χ3n) is 5.41. The first kappa shape index (κ1) is 24.2. The molecule has 1 aromatic heterocycles. The Morgan fingerprint density at radius 2 is 1.85 bits per heavy atom. The smallest absolute Gasteiger partial charge is 0.416 e. The lowest BCUT2D eigenvalue weighted by atomic mass is 10.1. The van der Waals surface area contributed by atoms with Crippen molar-refractivity contribution in [3.05, 3.63) is 70.5 Å². The Morgan fingerprint density at radius 1 is 1.09 bits per heavy atom. The number of carbonyl (C=O) groups excluding carboxylic acids is 1. The summed E-state index contributed by atoms with van der Waals surface area (Å²) < 4.78 is 51.2. The lowest BCUT2D eigenvalue weighted by Gasteiger charge is -2.11. The van der Waals surface area contributed by atoms with E-state index < -0.39 is 11.7 Å². The highest BCUT2D eigenvalue weighted by molar-refractivity contribution is 5.79. The molecule has 1 N–H and O–H groups in total. The fraction of sp³-hybridized carbons (Fsp3) is 0.333. The predicted molar refractivity (Wildman–Crippen MR) is 118 cm³/mol. The standard InChI is InChI=1S/C24H26F3N3O3/c1-15-21(16(2)30(29-15)19-7-5-6-18(12-19)24(25,26)27)14-23(31)28-11-10-17-8-9-20(32-3)13-22(17)33-4/h5-9,12-13H,10-11,14H2,1-4H3,(H,28,31). The third kappa shape index (κ3) is 5.66. The summed E-state index contributed by atoms with van der Waals surface area (Å²) in [5.74, 6) is 1.17. The summed E-state index contributed by atoms with van der Waals surface area (Å²) >= 11 is 0. The fourth-order valence-corrected chi connectivity index (χ4v) is 3.61. The van der Waals surface area contributed by atoms with E-state index in [0.717, 1.165) is 17.7 Å². The van der Waals surface area contributed by atoms with Gasteiger partial charge in [0.1, 0.15) is 11.5 Å². The fourth-order valence-electron chi connectivity index (χ4n) is 3.61. The maximum absolute atomic E-state index is 13.1. The molecule has 0 saturated heterocycles. The first-order valence-corrected chi connectivity index (χ1v) is 10.3. The zero-order valence-corrected chi connectivity index (χ0v) is 18.9. The number of nitrogens with zero attached hydrogens (tertiary/aromatic N) is 2. The monoisotopic (exact) mass is 461 g/mol. The van der Waals surface area contributed by atoms with Crippen LogP contribution in [0, 0.1) is 13.8 Å². The van der Waals surface area contributed by atoms with Crippen LogP contribution < -0.4 is 14.8 Å². The topological polar surface area (TPSA) is 65.4 Å². The van der Waals surface area contributed by atoms with Gasteiger partial charge >= 0.3 is 6.18 Å². The molecule has 0 unspecified atom stereocenters. The van der Waals surface area contributed by atoms with Crippen LogP contribution in [0.2, 0.25) is 0 Å². The summed E-state index contributed by atoms with van der Waals surface area (Å²) in [6.45, 7) is 3.88. The first-order valence-electron chi connectivity index (χ1n) is 10.3. The van der Waals surface area contributed by atoms with Crippen molar-refractivity contribution < 1.29 is 27.4 Å². The molecule has 3 rings (SSSR count). The van der Waals surface area contributed by atoms with E-state index in [4.69, 9.17) is 9.47 Å². The molecule has 0 saturated carbocycles. The highest BCUT2D eigenvalue weighted by Crippen LogP contribution is 2.31. The van der Waals surface area contributed by atoms with Crippen LogP contribution >= 0.6 is 0 Å². The molecule has 2 aromatic carbocycles. The molecule has 0 fully saturated rings. The molecule has 6 nitrogen and oxygen atoms in total. The number of methoxy groups -OCH3 is 2. The van der Waals surface area contributed by atoms with Gasteiger partial charge < -0.3 is 14.8 Å². The Bertz CT molecular complexity index is 1140. The van der Waals surface area contributed by atoms with Crippen molar-refractivity contribution in [1.29, 1.82) is 0 Å². The molecule has 1 heterocycles. The van der Waals surface area contributed by atoms with Crippen LogP contribution in [0.3, 0.4) is 0 Å². The van der Waals surface area contributed by atoms with Crippen molar-refractivity contribution in [2.24, 2.45) is 0 Å². The summed E-state index contributed by atoms with van der Waals surface area (Å²) in [5, 5.41) is 7.24. The normalized spacial score (nSPS) is 11.4. The average Bonchev–Trinajstić information content (AvgIpc) is 3.07. The average molecular weight is 461 g/mol. The summed E-state index contributed by atoms with van der Waals surface area (Å²) in [6.07, 6.45) is -3.79. The maximum atomic E-state index is 13.1. The van der Waals surface area contributed by atoms with Gasteiger partial charge in [0.25, 0.3) is 0 Å². The quantitative estimate of drug-likeness (QED) is 0.539. The highest BCUT2D eigenvalue weighted by atomic mass is 19.4. The van der Waals surface area contributed by atoms with Crippen molar-refractivity contribution >= 4 is 5.91 Å². The molecule has 9 heteroatoms. The second-order valence-corrected chi connectivity index (χ2v) is 7.56. The number of aromatic nitrogens is 2. The summed E-state index contributed by atoms with van der Waals surface area (Å²) in [4.78, 5) is 12.5. The van der Waals surface area contributed by atoms with E-state index >= 15 is 0 Å². The van der Waals surface area contributed by atoms with E-state index in [2.05, 4.69) is 10.4 Å². The van der Waals surface area contributed by atoms with Gasteiger partial charge in [-0.15, -0.1) is 0 Å². The summed E-state index contributed by atoms with van der Waals surface area (Å²) in [7, 11) is 3.15. The van der Waals surface area contributed by atoms with Crippen LogP contribution in [-0.2, 0) is 23.8 Å². The largest absolute Gasteiger partial charge is 0.497 e. The molecule has 1 amide bonds. The molecule has 176 valence electrons. The second-order valence-electron chi connectivity index (χ2n) is 7.56. The van der Waals surface area contributed by atoms with Crippen LogP contribution in [0.15, 0.2) is 42.5 Å². The second kappa shape index (κ2) is 9.97. The Morgan fingerprint density at radius 3 is 2.52 bits per heavy atom. The molecule has 33 heavy (non-hydrogen) atoms. The van der Waals surface area contributed by atoms with Gasteiger partial charge in [-0.3, -0.25) is 4.79 Å². The minimum absolute atomic E-state index is 0.0797. The van der Waals surface area contributed by atoms with Gasteiger partial charge in [0.2, 0.25) is 5.91 Å². The lowest BCUT2D eigenvalue weighted by Crippen LogP contribution is -2.27. The number of aryl methyl sites for hydroxylation is 1. The number of alkyl halides is 3. The van der Waals surface area contributed by atoms with Crippen LogP contribution in [0.25, 0.3) is 5.69 Å². The van der Waals surface area contributed by atoms with Crippen LogP contribution in [0.5, 0.6) is 11.5 Å². The number of hydrogen-bond acceptors (Lipinski definition) is 4. The molecule has 3 aromatic rings. The molecule has 0 radical (unpaired) electrons. The Labute approximate surface area is 190 Å². The molecule has 0 atom stereocenters. The zero-order valence-electron chi connectivity index (χ0n) is 18.9. The van der Waals surface area contributed by atoms with Gasteiger partial charge in [-0.05, 0) is 50.1 Å². The van der Waals surface area contributed by atoms with Gasteiger partial charge in [-0.2, -0.15) is 18.3 Å². The maximum Gasteiger partial charge on any atom is 0.416 e. The lowest BCUT2D eigenvalue weighted by molar-refractivity contribution is -0.137. The van der Waals surface area contributed by atoms with E-state index in [-0.39, 0.29) is 12.3 Å². The number of hydrogen-bond donors (Lipinski definition) is 1. The van der Waals surface area contributed by atoms with Gasteiger partial charge in [-0.25, -0.2) is 4.68 Å². The van der Waals surface area contributed by atoms with Crippen LogP contribution in [-0.4, -0.2) is 36.5 Å². The summed E-state index contributed by atoms with van der Waals surface area (Å²) in [6, 6.07) is 10.5. The van der Waals surface area contributed by atoms with Gasteiger partial charge in [0.15, 0.2) is 0 Å². The molecule has 0 aliphatic carbocycles. The zero-order chi connectivity index (χ0) is 24.2. The Kier molecular flexibility index (Phi) is 7.30. The predicted octanol–water partition coefficient (Wildman–Crippen LogP) is 4.43. The SMILES string of the molecule is COc1ccc(CCNC(=O)Cc2c(C)nn(-c3cccc(C(F)(F)F)c3)c2C)c(OC)c1. The summed E-state index contributed by atoms with van der Waals surface area (Å²) in [5.41, 5.74) is 2.38. The molecule has 0 bridgehead atoms. The van der Waals surface area contributed by atoms with Crippen molar-refractivity contribution in [2.75, 3.05) is 20.8 Å². The number of carbonyl (C=O) groups is 1. The van der Waals surface area contributed by atoms with Gasteiger partial charge in [0, 0.05) is 23.9 Å². The minimum Gasteiger partial charge on any atom is -0.497 e. The number of halogens is 3. The number of ether oxygens (including phenoxy) is 2. The van der Waals surface area contributed by atoms with E-state index in [0.29, 0.717) is 47.1 Å². The van der Waals surface area contributed by atoms with Crippen molar-refractivity contribution in [3.63, 3.8) is 0 Å². The number of benzene rings is 2. The van der Waals surface area contributed by atoms with Crippen molar-refractivity contribution in [2.45, 2.75) is 32.9 Å². The minimum atomic E-state index is -4.44. The van der Waals surface area contributed by atoms with Crippen LogP contribution in [0.1, 0.15) is 28.1 Å². The first-order chi connectivity index (χ1) is 15.6.